The van der Waals surface area contributed by atoms with Crippen molar-refractivity contribution in [1.29, 1.82) is 0 Å². The van der Waals surface area contributed by atoms with Gasteiger partial charge in [0.25, 0.3) is 0 Å². The van der Waals surface area contributed by atoms with Gasteiger partial charge in [0.1, 0.15) is 0 Å². The van der Waals surface area contributed by atoms with Crippen molar-refractivity contribution in [3.8, 4) is 0 Å². The first kappa shape index (κ1) is 10.7. The molecule has 0 atom stereocenters. The molecule has 0 aromatic carbocycles. The van der Waals surface area contributed by atoms with Crippen LogP contribution in [0.15, 0.2) is 17.3 Å². The van der Waals surface area contributed by atoms with Crippen LogP contribution in [0, 0.1) is 3.57 Å². The molecular formula is C8H9ClIN3. The second-order valence-electron chi connectivity index (χ2n) is 2.66. The second-order valence-corrected chi connectivity index (χ2v) is 4.23. The Balaban J connectivity index is 2.85. The van der Waals surface area contributed by atoms with Crippen molar-refractivity contribution in [1.82, 2.24) is 9.88 Å². The zero-order valence-corrected chi connectivity index (χ0v) is 10.2. The molecule has 1 heterocycles. The fourth-order valence-electron chi connectivity index (χ4n) is 0.649. The first-order valence-corrected chi connectivity index (χ1v) is 5.07. The minimum absolute atomic E-state index is 0.624. The lowest BCUT2D eigenvalue weighted by molar-refractivity contribution is 0.643. The maximum Gasteiger partial charge on any atom is 0.155 e. The van der Waals surface area contributed by atoms with Gasteiger partial charge in [0.05, 0.1) is 14.9 Å². The van der Waals surface area contributed by atoms with Crippen LogP contribution in [0.1, 0.15) is 0 Å². The van der Waals surface area contributed by atoms with Crippen LogP contribution in [0.4, 0.5) is 5.82 Å². The number of halogens is 2. The minimum Gasteiger partial charge on any atom is -0.369 e. The molecule has 13 heavy (non-hydrogen) atoms. The zero-order chi connectivity index (χ0) is 9.84. The lowest BCUT2D eigenvalue weighted by Crippen LogP contribution is -2.07. The van der Waals surface area contributed by atoms with Crippen LogP contribution in [0.25, 0.3) is 0 Å². The fraction of sp³-hybridized carbons (Fsp3) is 0.250. The van der Waals surface area contributed by atoms with Gasteiger partial charge in [-0.2, -0.15) is 0 Å². The predicted molar refractivity (Wildman–Crippen MR) is 63.8 cm³/mol. The summed E-state index contributed by atoms with van der Waals surface area (Å²) in [6.45, 7) is 0. The van der Waals surface area contributed by atoms with E-state index in [4.69, 9.17) is 11.6 Å². The summed E-state index contributed by atoms with van der Waals surface area (Å²) >= 11 is 8.02. The van der Waals surface area contributed by atoms with Crippen LogP contribution in [0.2, 0.25) is 5.02 Å². The maximum absolute atomic E-state index is 5.89. The summed E-state index contributed by atoms with van der Waals surface area (Å²) in [5, 5.41) is 0.682. The topological polar surface area (TPSA) is 28.5 Å². The van der Waals surface area contributed by atoms with E-state index in [1.165, 1.54) is 0 Å². The molecule has 0 unspecified atom stereocenters. The molecular weight excluding hydrogens is 300 g/mol. The first-order chi connectivity index (χ1) is 6.09. The Hall–Kier alpha value is -0.360. The molecule has 0 amide bonds. The smallest absolute Gasteiger partial charge is 0.155 e. The van der Waals surface area contributed by atoms with Crippen molar-refractivity contribution >= 4 is 46.3 Å². The average Bonchev–Trinajstić information content (AvgIpc) is 2.07. The van der Waals surface area contributed by atoms with Gasteiger partial charge in [-0.25, -0.2) is 9.98 Å². The number of rotatable bonds is 2. The summed E-state index contributed by atoms with van der Waals surface area (Å²) in [7, 11) is 3.80. The van der Waals surface area contributed by atoms with E-state index >= 15 is 0 Å². The number of nitrogens with zero attached hydrogens (tertiary/aromatic N) is 3. The van der Waals surface area contributed by atoms with Gasteiger partial charge < -0.3 is 4.90 Å². The molecule has 0 fully saturated rings. The molecule has 1 rings (SSSR count). The molecule has 0 aliphatic rings. The molecule has 1 aromatic heterocycles. The van der Waals surface area contributed by atoms with E-state index < -0.39 is 0 Å². The summed E-state index contributed by atoms with van der Waals surface area (Å²) in [5.74, 6) is 0.624. The molecule has 0 aliphatic carbocycles. The third-order valence-electron chi connectivity index (χ3n) is 1.22. The molecule has 1 aromatic rings. The average molecular weight is 310 g/mol. The quantitative estimate of drug-likeness (QED) is 0.477. The van der Waals surface area contributed by atoms with Crippen molar-refractivity contribution in [3.05, 3.63) is 20.9 Å². The SMILES string of the molecule is CN(C)C=Nc1cc(Cl)c(I)cn1. The molecule has 0 bridgehead atoms. The summed E-state index contributed by atoms with van der Waals surface area (Å²) in [6, 6.07) is 1.74. The summed E-state index contributed by atoms with van der Waals surface area (Å²) in [6.07, 6.45) is 3.39. The molecule has 0 saturated carbocycles. The van der Waals surface area contributed by atoms with Crippen LogP contribution < -0.4 is 0 Å². The molecule has 70 valence electrons. The first-order valence-electron chi connectivity index (χ1n) is 3.61. The van der Waals surface area contributed by atoms with E-state index in [9.17, 15) is 0 Å². The molecule has 5 heteroatoms. The Bertz CT molecular complexity index is 325. The van der Waals surface area contributed by atoms with Gasteiger partial charge in [-0.3, -0.25) is 0 Å². The van der Waals surface area contributed by atoms with E-state index in [2.05, 4.69) is 32.6 Å². The van der Waals surface area contributed by atoms with E-state index in [0.29, 0.717) is 10.8 Å². The predicted octanol–water partition coefficient (Wildman–Crippen LogP) is 2.56. The molecule has 0 saturated heterocycles. The Morgan fingerprint density at radius 1 is 1.62 bits per heavy atom. The summed E-state index contributed by atoms with van der Waals surface area (Å²) in [5.41, 5.74) is 0. The molecule has 0 spiro atoms. The highest BCUT2D eigenvalue weighted by molar-refractivity contribution is 14.1. The highest BCUT2D eigenvalue weighted by Gasteiger charge is 1.97. The van der Waals surface area contributed by atoms with Crippen molar-refractivity contribution in [3.63, 3.8) is 0 Å². The monoisotopic (exact) mass is 309 g/mol. The van der Waals surface area contributed by atoms with Gasteiger partial charge in [0, 0.05) is 26.4 Å². The summed E-state index contributed by atoms with van der Waals surface area (Å²) in [4.78, 5) is 10.0. The van der Waals surface area contributed by atoms with Gasteiger partial charge in [0.2, 0.25) is 0 Å². The third kappa shape index (κ3) is 3.48. The highest BCUT2D eigenvalue weighted by atomic mass is 127. The van der Waals surface area contributed by atoms with Crippen LogP contribution in [0.3, 0.4) is 0 Å². The minimum atomic E-state index is 0.624. The van der Waals surface area contributed by atoms with E-state index in [-0.39, 0.29) is 0 Å². The van der Waals surface area contributed by atoms with Gasteiger partial charge >= 0.3 is 0 Å². The van der Waals surface area contributed by atoms with Crippen molar-refractivity contribution in [2.75, 3.05) is 14.1 Å². The molecule has 3 nitrogen and oxygen atoms in total. The van der Waals surface area contributed by atoms with Crippen LogP contribution in [-0.2, 0) is 0 Å². The maximum atomic E-state index is 5.89. The molecule has 0 radical (unpaired) electrons. The molecule has 0 aliphatic heterocycles. The normalized spacial score (nSPS) is 10.8. The lowest BCUT2D eigenvalue weighted by Gasteiger charge is -2.02. The van der Waals surface area contributed by atoms with E-state index in [1.54, 1.807) is 18.6 Å². The van der Waals surface area contributed by atoms with Crippen molar-refractivity contribution in [2.24, 2.45) is 4.99 Å². The number of hydrogen-bond donors (Lipinski definition) is 0. The highest BCUT2D eigenvalue weighted by Crippen LogP contribution is 2.21. The largest absolute Gasteiger partial charge is 0.369 e. The lowest BCUT2D eigenvalue weighted by atomic mass is 10.5. The van der Waals surface area contributed by atoms with Gasteiger partial charge in [-0.15, -0.1) is 0 Å². The second kappa shape index (κ2) is 4.76. The van der Waals surface area contributed by atoms with Gasteiger partial charge in [0.15, 0.2) is 5.82 Å². The van der Waals surface area contributed by atoms with Gasteiger partial charge in [-0.1, -0.05) is 11.6 Å². The van der Waals surface area contributed by atoms with Gasteiger partial charge in [-0.05, 0) is 22.6 Å². The van der Waals surface area contributed by atoms with E-state index in [1.807, 2.05) is 19.0 Å². The Morgan fingerprint density at radius 2 is 2.31 bits per heavy atom. The third-order valence-corrected chi connectivity index (χ3v) is 2.71. The van der Waals surface area contributed by atoms with Crippen molar-refractivity contribution in [2.45, 2.75) is 0 Å². The number of pyridine rings is 1. The van der Waals surface area contributed by atoms with Crippen LogP contribution >= 0.6 is 34.2 Å². The van der Waals surface area contributed by atoms with E-state index in [0.717, 1.165) is 3.57 Å². The number of hydrogen-bond acceptors (Lipinski definition) is 2. The summed E-state index contributed by atoms with van der Waals surface area (Å²) < 4.78 is 0.933. The zero-order valence-electron chi connectivity index (χ0n) is 7.33. The Kier molecular flexibility index (Phi) is 3.92. The Labute approximate surface area is 96.0 Å². The number of aromatic nitrogens is 1. The Morgan fingerprint density at radius 3 is 2.85 bits per heavy atom. The molecule has 0 N–H and O–H groups in total. The number of aliphatic imine (C=N–C) groups is 1. The van der Waals surface area contributed by atoms with Crippen LogP contribution in [0.5, 0.6) is 0 Å². The fourth-order valence-corrected chi connectivity index (χ4v) is 1.09. The van der Waals surface area contributed by atoms with Crippen LogP contribution in [-0.4, -0.2) is 30.3 Å². The standard InChI is InChI=1S/C8H9ClIN3/c1-13(2)5-12-8-3-6(9)7(10)4-11-8/h3-5H,1-2H3. The van der Waals surface area contributed by atoms with Crippen molar-refractivity contribution < 1.29 is 0 Å².